The van der Waals surface area contributed by atoms with Gasteiger partial charge in [0, 0.05) is 32.2 Å². The van der Waals surface area contributed by atoms with Crippen molar-refractivity contribution >= 4 is 12.0 Å². The molecule has 0 aliphatic carbocycles. The predicted octanol–water partition coefficient (Wildman–Crippen LogP) is 3.48. The zero-order chi connectivity index (χ0) is 20.9. The Morgan fingerprint density at radius 3 is 2.38 bits per heavy atom. The lowest BCUT2D eigenvalue weighted by Gasteiger charge is -2.44. The first-order valence-corrected chi connectivity index (χ1v) is 9.96. The molecule has 2 aromatic carbocycles. The zero-order valence-electron chi connectivity index (χ0n) is 17.0. The fourth-order valence-electron chi connectivity index (χ4n) is 3.87. The minimum Gasteiger partial charge on any atom is -0.478 e. The first-order valence-electron chi connectivity index (χ1n) is 9.96. The molecule has 0 bridgehead atoms. The second-order valence-corrected chi connectivity index (χ2v) is 8.36. The number of benzene rings is 2. The van der Waals surface area contributed by atoms with E-state index < -0.39 is 5.97 Å². The van der Waals surface area contributed by atoms with Crippen LogP contribution in [0.15, 0.2) is 54.6 Å². The molecule has 2 amide bonds. The average Bonchev–Trinajstić information content (AvgIpc) is 2.69. The van der Waals surface area contributed by atoms with Crippen LogP contribution in [0.3, 0.4) is 0 Å². The molecule has 3 rings (SSSR count). The van der Waals surface area contributed by atoms with Crippen LogP contribution in [-0.2, 0) is 13.1 Å². The van der Waals surface area contributed by atoms with Gasteiger partial charge in [0.25, 0.3) is 0 Å². The molecule has 1 heterocycles. The SMILES string of the molecule is CC1(C)CN(Cc2ccccc2)CCC1NC(=O)NCc1ccc(C(=O)O)cc1. The van der Waals surface area contributed by atoms with Gasteiger partial charge in [0.1, 0.15) is 0 Å². The minimum absolute atomic E-state index is 0.0342. The van der Waals surface area contributed by atoms with Crippen molar-refractivity contribution in [3.8, 4) is 0 Å². The number of carboxylic acids is 1. The van der Waals surface area contributed by atoms with Crippen LogP contribution in [0.2, 0.25) is 0 Å². The first-order chi connectivity index (χ1) is 13.8. The van der Waals surface area contributed by atoms with E-state index in [0.29, 0.717) is 6.54 Å². The number of likely N-dealkylation sites (tertiary alicyclic amines) is 1. The molecule has 0 radical (unpaired) electrons. The topological polar surface area (TPSA) is 81.7 Å². The van der Waals surface area contributed by atoms with Gasteiger partial charge in [-0.15, -0.1) is 0 Å². The largest absolute Gasteiger partial charge is 0.478 e. The Kier molecular flexibility index (Phi) is 6.54. The Morgan fingerprint density at radius 1 is 1.07 bits per heavy atom. The number of carboxylic acid groups (broad SMARTS) is 1. The first kappa shape index (κ1) is 20.9. The number of nitrogens with zero attached hydrogens (tertiary/aromatic N) is 1. The molecule has 6 heteroatoms. The summed E-state index contributed by atoms with van der Waals surface area (Å²) < 4.78 is 0. The van der Waals surface area contributed by atoms with Gasteiger partial charge in [-0.25, -0.2) is 9.59 Å². The number of piperidine rings is 1. The lowest BCUT2D eigenvalue weighted by molar-refractivity contribution is 0.0697. The van der Waals surface area contributed by atoms with E-state index in [-0.39, 0.29) is 23.1 Å². The van der Waals surface area contributed by atoms with E-state index in [1.165, 1.54) is 5.56 Å². The summed E-state index contributed by atoms with van der Waals surface area (Å²) in [5.41, 5.74) is 2.37. The lowest BCUT2D eigenvalue weighted by Crippen LogP contribution is -2.56. The Morgan fingerprint density at radius 2 is 1.76 bits per heavy atom. The van der Waals surface area contributed by atoms with Crippen molar-refractivity contribution in [1.82, 2.24) is 15.5 Å². The van der Waals surface area contributed by atoms with Crippen molar-refractivity contribution < 1.29 is 14.7 Å². The molecule has 0 aromatic heterocycles. The van der Waals surface area contributed by atoms with Gasteiger partial charge in [-0.3, -0.25) is 4.90 Å². The molecule has 1 unspecified atom stereocenters. The van der Waals surface area contributed by atoms with E-state index in [2.05, 4.69) is 53.6 Å². The zero-order valence-corrected chi connectivity index (χ0v) is 17.0. The summed E-state index contributed by atoms with van der Waals surface area (Å²) in [5.74, 6) is -0.955. The van der Waals surface area contributed by atoms with Crippen LogP contribution in [0, 0.1) is 5.41 Å². The molecule has 1 saturated heterocycles. The van der Waals surface area contributed by atoms with Crippen LogP contribution in [0.1, 0.15) is 41.8 Å². The number of hydrogen-bond acceptors (Lipinski definition) is 3. The number of urea groups is 1. The molecule has 0 spiro atoms. The minimum atomic E-state index is -0.955. The third kappa shape index (κ3) is 5.81. The molecule has 3 N–H and O–H groups in total. The molecule has 6 nitrogen and oxygen atoms in total. The highest BCUT2D eigenvalue weighted by Crippen LogP contribution is 2.30. The van der Waals surface area contributed by atoms with Crippen LogP contribution < -0.4 is 10.6 Å². The Bertz CT molecular complexity index is 834. The van der Waals surface area contributed by atoms with Crippen LogP contribution in [0.4, 0.5) is 4.79 Å². The van der Waals surface area contributed by atoms with Gasteiger partial charge in [-0.05, 0) is 35.1 Å². The van der Waals surface area contributed by atoms with E-state index in [0.717, 1.165) is 31.6 Å². The fraction of sp³-hybridized carbons (Fsp3) is 0.391. The lowest BCUT2D eigenvalue weighted by atomic mass is 9.79. The summed E-state index contributed by atoms with van der Waals surface area (Å²) in [6.45, 7) is 7.54. The standard InChI is InChI=1S/C23H29N3O3/c1-23(2)16-26(15-18-6-4-3-5-7-18)13-12-20(23)25-22(29)24-14-17-8-10-19(11-9-17)21(27)28/h3-11,20H,12-16H2,1-2H3,(H,27,28)(H2,24,25,29). The molecule has 1 fully saturated rings. The van der Waals surface area contributed by atoms with Crippen molar-refractivity contribution in [2.45, 2.75) is 39.4 Å². The van der Waals surface area contributed by atoms with Crippen LogP contribution in [-0.4, -0.2) is 41.1 Å². The highest BCUT2D eigenvalue weighted by molar-refractivity contribution is 5.87. The van der Waals surface area contributed by atoms with Gasteiger partial charge in [0.05, 0.1) is 5.56 Å². The Labute approximate surface area is 171 Å². The number of nitrogens with one attached hydrogen (secondary N) is 2. The molecular formula is C23H29N3O3. The average molecular weight is 396 g/mol. The number of rotatable bonds is 6. The molecule has 2 aromatic rings. The van der Waals surface area contributed by atoms with E-state index >= 15 is 0 Å². The number of carbonyl (C=O) groups excluding carboxylic acids is 1. The highest BCUT2D eigenvalue weighted by Gasteiger charge is 2.36. The maximum Gasteiger partial charge on any atom is 0.335 e. The molecule has 1 aliphatic rings. The predicted molar refractivity (Wildman–Crippen MR) is 113 cm³/mol. The van der Waals surface area contributed by atoms with Crippen molar-refractivity contribution in [3.63, 3.8) is 0 Å². The summed E-state index contributed by atoms with van der Waals surface area (Å²) in [6.07, 6.45) is 0.903. The van der Waals surface area contributed by atoms with Gasteiger partial charge in [0.15, 0.2) is 0 Å². The van der Waals surface area contributed by atoms with E-state index in [1.54, 1.807) is 24.3 Å². The molecule has 1 atom stereocenters. The van der Waals surface area contributed by atoms with Gasteiger partial charge in [-0.1, -0.05) is 56.3 Å². The van der Waals surface area contributed by atoms with Gasteiger partial charge in [0.2, 0.25) is 0 Å². The maximum atomic E-state index is 12.4. The smallest absolute Gasteiger partial charge is 0.335 e. The maximum absolute atomic E-state index is 12.4. The molecule has 0 saturated carbocycles. The van der Waals surface area contributed by atoms with Crippen molar-refractivity contribution in [1.29, 1.82) is 0 Å². The summed E-state index contributed by atoms with van der Waals surface area (Å²) in [4.78, 5) is 25.7. The second kappa shape index (κ2) is 9.09. The van der Waals surface area contributed by atoms with Crippen LogP contribution >= 0.6 is 0 Å². The monoisotopic (exact) mass is 395 g/mol. The third-order valence-electron chi connectivity index (χ3n) is 5.52. The van der Waals surface area contributed by atoms with Crippen molar-refractivity contribution in [2.75, 3.05) is 13.1 Å². The molecule has 29 heavy (non-hydrogen) atoms. The highest BCUT2D eigenvalue weighted by atomic mass is 16.4. The van der Waals surface area contributed by atoms with Gasteiger partial charge < -0.3 is 15.7 Å². The molecule has 154 valence electrons. The Balaban J connectivity index is 1.48. The van der Waals surface area contributed by atoms with Crippen LogP contribution in [0.5, 0.6) is 0 Å². The summed E-state index contributed by atoms with van der Waals surface area (Å²) in [6, 6.07) is 16.9. The number of amides is 2. The van der Waals surface area contributed by atoms with E-state index in [1.807, 2.05) is 6.07 Å². The van der Waals surface area contributed by atoms with Crippen molar-refractivity contribution in [3.05, 3.63) is 71.3 Å². The second-order valence-electron chi connectivity index (χ2n) is 8.36. The van der Waals surface area contributed by atoms with Crippen molar-refractivity contribution in [2.24, 2.45) is 5.41 Å². The summed E-state index contributed by atoms with van der Waals surface area (Å²) >= 11 is 0. The van der Waals surface area contributed by atoms with Gasteiger partial charge in [-0.2, -0.15) is 0 Å². The third-order valence-corrected chi connectivity index (χ3v) is 5.52. The number of aromatic carboxylic acids is 1. The number of hydrogen-bond donors (Lipinski definition) is 3. The van der Waals surface area contributed by atoms with Gasteiger partial charge >= 0.3 is 12.0 Å². The molecule has 1 aliphatic heterocycles. The van der Waals surface area contributed by atoms with E-state index in [9.17, 15) is 9.59 Å². The number of carbonyl (C=O) groups is 2. The van der Waals surface area contributed by atoms with E-state index in [4.69, 9.17) is 5.11 Å². The summed E-state index contributed by atoms with van der Waals surface area (Å²) in [5, 5.41) is 14.9. The summed E-state index contributed by atoms with van der Waals surface area (Å²) in [7, 11) is 0. The normalized spacial score (nSPS) is 18.8. The fourth-order valence-corrected chi connectivity index (χ4v) is 3.87. The Hall–Kier alpha value is -2.86. The quantitative estimate of drug-likeness (QED) is 0.699. The van der Waals surface area contributed by atoms with Crippen LogP contribution in [0.25, 0.3) is 0 Å². The molecular weight excluding hydrogens is 366 g/mol.